The molecule has 0 amide bonds. The Morgan fingerprint density at radius 1 is 1.18 bits per heavy atom. The molecule has 0 aliphatic carbocycles. The first-order valence-corrected chi connectivity index (χ1v) is 2.78. The Morgan fingerprint density at radius 2 is 1.73 bits per heavy atom. The molecule has 2 N–H and O–H groups in total. The summed E-state index contributed by atoms with van der Waals surface area (Å²) in [6, 6.07) is 3.91. The van der Waals surface area contributed by atoms with Gasteiger partial charge < -0.3 is 11.0 Å². The van der Waals surface area contributed by atoms with E-state index in [1.165, 1.54) is 18.2 Å². The molecule has 0 radical (unpaired) electrons. The molecule has 0 aromatic heterocycles. The first-order chi connectivity index (χ1) is 4.18. The van der Waals surface area contributed by atoms with Gasteiger partial charge in [-0.25, -0.2) is 0 Å². The second kappa shape index (κ2) is 5.13. The van der Waals surface area contributed by atoms with Gasteiger partial charge in [-0.05, 0) is 0 Å². The van der Waals surface area contributed by atoms with Crippen molar-refractivity contribution < 1.29 is 15.3 Å². The van der Waals surface area contributed by atoms with Crippen LogP contribution >= 0.6 is 11.6 Å². The Hall–Kier alpha value is -0.575. The fourth-order valence-electron chi connectivity index (χ4n) is 0.575. The van der Waals surface area contributed by atoms with Crippen molar-refractivity contribution in [2.45, 2.75) is 0 Å². The van der Waals surface area contributed by atoms with Crippen molar-refractivity contribution in [2.75, 3.05) is 0 Å². The minimum atomic E-state index is -0.403. The van der Waals surface area contributed by atoms with Crippen LogP contribution in [0.3, 0.4) is 0 Å². The summed E-state index contributed by atoms with van der Waals surface area (Å²) in [4.78, 5) is 0. The van der Waals surface area contributed by atoms with Crippen molar-refractivity contribution in [3.05, 3.63) is 29.0 Å². The van der Waals surface area contributed by atoms with E-state index < -0.39 is 5.82 Å². The molecule has 0 saturated heterocycles. The topological polar surface area (TPSA) is 60.0 Å². The zero-order valence-corrected chi connectivity index (χ0v) is 6.22. The summed E-state index contributed by atoms with van der Waals surface area (Å²) in [6.07, 6.45) is 0. The van der Waals surface area contributed by atoms with Gasteiger partial charge in [-0.15, -0.1) is 0 Å². The van der Waals surface area contributed by atoms with Crippen molar-refractivity contribution in [2.24, 2.45) is 0 Å². The predicted molar refractivity (Wildman–Crippen MR) is 40.7 cm³/mol. The van der Waals surface area contributed by atoms with Crippen LogP contribution in [0.15, 0.2) is 18.2 Å². The van der Waals surface area contributed by atoms with Gasteiger partial charge in [0.15, 0.2) is 0 Å². The first kappa shape index (κ1) is 13.0. The largest absolute Gasteiger partial charge is 0.870 e. The van der Waals surface area contributed by atoms with E-state index in [-0.39, 0.29) is 11.0 Å². The number of hydrogen-bond donors (Lipinski definition) is 0. The minimum absolute atomic E-state index is 0. The molecule has 0 spiro atoms. The smallest absolute Gasteiger partial charge is 0.870 e. The number of rotatable bonds is 0. The normalized spacial score (nSPS) is 8.00. The van der Waals surface area contributed by atoms with Gasteiger partial charge in [0.1, 0.15) is 0 Å². The summed E-state index contributed by atoms with van der Waals surface area (Å²) in [7, 11) is 5.24. The summed E-state index contributed by atoms with van der Waals surface area (Å²) in [5.74, 6) is -0.403. The van der Waals surface area contributed by atoms with E-state index in [1.54, 1.807) is 0 Å². The van der Waals surface area contributed by atoms with E-state index in [0.717, 1.165) is 0 Å². The molecule has 1 rings (SSSR count). The summed E-state index contributed by atoms with van der Waals surface area (Å²) in [5, 5.41) is 0.326. The average molecular weight is 174 g/mol. The molecule has 0 aliphatic heterocycles. The zero-order chi connectivity index (χ0) is 6.85. The third-order valence-corrected chi connectivity index (χ3v) is 1.10. The summed E-state index contributed by atoms with van der Waals surface area (Å²) in [6.45, 7) is 0. The van der Waals surface area contributed by atoms with Crippen LogP contribution in [0.1, 0.15) is 0 Å². The van der Waals surface area contributed by atoms with Crippen molar-refractivity contribution >= 4 is 24.9 Å². The van der Waals surface area contributed by atoms with Crippen LogP contribution in [0.25, 0.3) is 0 Å². The zero-order valence-electron chi connectivity index (χ0n) is 5.46. The quantitative estimate of drug-likeness (QED) is 0.549. The Kier molecular flexibility index (Phi) is 6.08. The molecular weight excluding hydrogens is 169 g/mol. The van der Waals surface area contributed by atoms with E-state index in [9.17, 15) is 4.39 Å². The Balaban J connectivity index is 0. The molecule has 0 unspecified atom stereocenters. The van der Waals surface area contributed by atoms with Gasteiger partial charge in [0.25, 0.3) is 0 Å². The Labute approximate surface area is 70.0 Å². The molecule has 2 nitrogen and oxygen atoms in total. The van der Waals surface area contributed by atoms with Gasteiger partial charge in [0.2, 0.25) is 0 Å². The van der Waals surface area contributed by atoms with Gasteiger partial charge in [-0.2, -0.15) is 0 Å². The predicted octanol–water partition coefficient (Wildman–Crippen LogP) is 0.919. The third kappa shape index (κ3) is 3.98. The molecule has 0 fully saturated rings. The van der Waals surface area contributed by atoms with Crippen LogP contribution in [0.2, 0.25) is 5.02 Å². The van der Waals surface area contributed by atoms with Crippen LogP contribution in [0.5, 0.6) is 0 Å². The van der Waals surface area contributed by atoms with Crippen LogP contribution in [0, 0.1) is 5.82 Å². The van der Waals surface area contributed by atoms with Crippen LogP contribution < -0.4 is 5.46 Å². The number of halogens is 2. The first-order valence-electron chi connectivity index (χ1n) is 2.40. The Morgan fingerprint density at radius 3 is 2.09 bits per heavy atom. The molecule has 0 saturated carbocycles. The van der Waals surface area contributed by atoms with Crippen LogP contribution in [0.4, 0.5) is 4.39 Å². The summed E-state index contributed by atoms with van der Waals surface area (Å²) < 4.78 is 12.3. The maximum atomic E-state index is 12.3. The van der Waals surface area contributed by atoms with Crippen LogP contribution in [-0.4, -0.2) is 18.8 Å². The third-order valence-electron chi connectivity index (χ3n) is 0.885. The molecule has 11 heavy (non-hydrogen) atoms. The number of hydrogen-bond acceptors (Lipinski definition) is 2. The number of benzene rings is 1. The molecule has 1 aromatic carbocycles. The van der Waals surface area contributed by atoms with Gasteiger partial charge in [0, 0.05) is 0 Å². The molecule has 58 valence electrons. The van der Waals surface area contributed by atoms with E-state index in [2.05, 4.69) is 0 Å². The standard InChI is InChI=1S/C6H3BClF.2H2O/c7-4-1-5(8)3-6(9)2-4;;/h1-3H;2*1H2/q+2;;/p-2. The van der Waals surface area contributed by atoms with Crippen LogP contribution in [-0.2, 0) is 0 Å². The second-order valence-corrected chi connectivity index (χ2v) is 2.14. The fraction of sp³-hybridized carbons (Fsp3) is 0. The average Bonchev–Trinajstić information content (AvgIpc) is 1.59. The van der Waals surface area contributed by atoms with E-state index in [0.29, 0.717) is 10.5 Å². The van der Waals surface area contributed by atoms with E-state index >= 15 is 0 Å². The molecule has 1 aromatic rings. The summed E-state index contributed by atoms with van der Waals surface area (Å²) in [5.41, 5.74) is 0.347. The van der Waals surface area contributed by atoms with Crippen molar-refractivity contribution in [3.8, 4) is 0 Å². The molecular formula is C6H5BClFO2. The van der Waals surface area contributed by atoms with Gasteiger partial charge >= 0.3 is 58.3 Å². The van der Waals surface area contributed by atoms with Gasteiger partial charge in [0.05, 0.1) is 0 Å². The minimum Gasteiger partial charge on any atom is -0.870 e. The molecule has 0 bridgehead atoms. The second-order valence-electron chi connectivity index (χ2n) is 1.70. The molecule has 0 atom stereocenters. The SMILES string of the molecule is [B+2]c1cc(F)cc(Cl)c1.[OH-].[OH-]. The maximum Gasteiger partial charge on any atom is -0.870 e. The van der Waals surface area contributed by atoms with E-state index in [4.69, 9.17) is 19.4 Å². The molecule has 0 aliphatic rings. The fourth-order valence-corrected chi connectivity index (χ4v) is 0.805. The Bertz CT molecular complexity index is 181. The monoisotopic (exact) mass is 174 g/mol. The molecule has 0 heterocycles. The maximum absolute atomic E-state index is 12.3. The van der Waals surface area contributed by atoms with Crippen molar-refractivity contribution in [1.29, 1.82) is 0 Å². The molecule has 5 heteroatoms. The van der Waals surface area contributed by atoms with Gasteiger partial charge in [-0.1, -0.05) is 0 Å². The van der Waals surface area contributed by atoms with E-state index in [1.807, 2.05) is 0 Å². The van der Waals surface area contributed by atoms with Crippen molar-refractivity contribution in [1.82, 2.24) is 0 Å². The van der Waals surface area contributed by atoms with Gasteiger partial charge in [-0.3, -0.25) is 0 Å². The summed E-state index contributed by atoms with van der Waals surface area (Å²) >= 11 is 5.43. The van der Waals surface area contributed by atoms with Crippen molar-refractivity contribution in [3.63, 3.8) is 0 Å².